The Balaban J connectivity index is 0. The Hall–Kier alpha value is -0.746. The number of hydrogen-bond acceptors (Lipinski definition) is 2. The van der Waals surface area contributed by atoms with Crippen molar-refractivity contribution < 1.29 is 10.2 Å². The van der Waals surface area contributed by atoms with E-state index in [0.717, 1.165) is 0 Å². The van der Waals surface area contributed by atoms with E-state index in [1.54, 1.807) is 0 Å². The van der Waals surface area contributed by atoms with E-state index in [4.69, 9.17) is 10.2 Å². The molecule has 0 bridgehead atoms. The van der Waals surface area contributed by atoms with Gasteiger partial charge in [0.1, 0.15) is 11.5 Å². The molecule has 1 rings (SSSR count). The minimum Gasteiger partial charge on any atom is -0.508 e. The number of phenolic OH excluding ortho intramolecular Hbond substituents is 2. The van der Waals surface area contributed by atoms with E-state index in [1.165, 1.54) is 24.3 Å². The van der Waals surface area contributed by atoms with Crippen molar-refractivity contribution in [2.45, 2.75) is 0 Å². The third-order valence-corrected chi connectivity index (χ3v) is 0.850. The van der Waals surface area contributed by atoms with Gasteiger partial charge in [0.05, 0.1) is 0 Å². The molecule has 0 heterocycles. The highest BCUT2D eigenvalue weighted by Gasteiger charge is 1.84. The molecule has 0 aliphatic rings. The molecule has 0 fully saturated rings. The zero-order chi connectivity index (χ0) is 5.98. The Morgan fingerprint density at radius 2 is 0.900 bits per heavy atom. The average molecular weight is 166 g/mol. The van der Waals surface area contributed by atoms with Gasteiger partial charge in [0.25, 0.3) is 0 Å². The van der Waals surface area contributed by atoms with Gasteiger partial charge in [-0.1, -0.05) is 0 Å². The molecule has 0 atom stereocenters. The zero-order valence-electron chi connectivity index (χ0n) is 5.20. The molecule has 0 aliphatic carbocycles. The molecular weight excluding hydrogens is 160 g/mol. The van der Waals surface area contributed by atoms with E-state index < -0.39 is 0 Å². The van der Waals surface area contributed by atoms with Crippen molar-refractivity contribution in [2.24, 2.45) is 0 Å². The Labute approximate surface area is 68.6 Å². The average Bonchev–Trinajstić information content (AvgIpc) is 1.77. The standard InChI is InChI=1S/C6H6O2.2Si/c7-5-1-2-6(8)4-3-5;;/h1-4,7-8H;;. The van der Waals surface area contributed by atoms with Gasteiger partial charge in [0.15, 0.2) is 0 Å². The van der Waals surface area contributed by atoms with Gasteiger partial charge in [0.2, 0.25) is 0 Å². The molecule has 0 unspecified atom stereocenters. The molecule has 2 N–H and O–H groups in total. The SMILES string of the molecule is Oc1ccc(O)cc1.[Si].[Si]. The summed E-state index contributed by atoms with van der Waals surface area (Å²) >= 11 is 0. The highest BCUT2D eigenvalue weighted by molar-refractivity contribution is 5.76. The van der Waals surface area contributed by atoms with Crippen LogP contribution in [0.5, 0.6) is 11.5 Å². The molecule has 0 spiro atoms. The smallest absolute Gasteiger partial charge is 0.115 e. The van der Waals surface area contributed by atoms with E-state index in [0.29, 0.717) is 0 Å². The molecule has 0 saturated carbocycles. The summed E-state index contributed by atoms with van der Waals surface area (Å²) in [6, 6.07) is 5.70. The second-order valence-corrected chi connectivity index (χ2v) is 1.52. The van der Waals surface area contributed by atoms with Crippen LogP contribution in [0.3, 0.4) is 0 Å². The third kappa shape index (κ3) is 3.31. The van der Waals surface area contributed by atoms with Crippen LogP contribution in [0.1, 0.15) is 0 Å². The minimum absolute atomic E-state index is 0. The van der Waals surface area contributed by atoms with E-state index in [9.17, 15) is 0 Å². The largest absolute Gasteiger partial charge is 0.508 e. The van der Waals surface area contributed by atoms with Gasteiger partial charge < -0.3 is 10.2 Å². The van der Waals surface area contributed by atoms with Crippen molar-refractivity contribution in [3.8, 4) is 11.5 Å². The lowest BCUT2D eigenvalue weighted by Crippen LogP contribution is -1.61. The van der Waals surface area contributed by atoms with E-state index >= 15 is 0 Å². The summed E-state index contributed by atoms with van der Waals surface area (Å²) in [4.78, 5) is 0. The van der Waals surface area contributed by atoms with Crippen molar-refractivity contribution in [1.29, 1.82) is 0 Å². The summed E-state index contributed by atoms with van der Waals surface area (Å²) in [5.74, 6) is 0.339. The second kappa shape index (κ2) is 5.07. The molecule has 50 valence electrons. The molecular formula is C6H6O2Si2. The van der Waals surface area contributed by atoms with Crippen LogP contribution in [-0.2, 0) is 0 Å². The van der Waals surface area contributed by atoms with Crippen molar-refractivity contribution >= 4 is 21.9 Å². The van der Waals surface area contributed by atoms with Gasteiger partial charge in [-0.2, -0.15) is 0 Å². The van der Waals surface area contributed by atoms with E-state index in [1.807, 2.05) is 0 Å². The predicted molar refractivity (Wildman–Crippen MR) is 41.3 cm³/mol. The Morgan fingerprint density at radius 3 is 1.10 bits per heavy atom. The van der Waals surface area contributed by atoms with Crippen LogP contribution >= 0.6 is 0 Å². The highest BCUT2D eigenvalue weighted by atomic mass is 28.1. The van der Waals surface area contributed by atoms with Gasteiger partial charge in [0, 0.05) is 21.9 Å². The van der Waals surface area contributed by atoms with Crippen LogP contribution in [-0.4, -0.2) is 32.1 Å². The van der Waals surface area contributed by atoms with Gasteiger partial charge in [-0.25, -0.2) is 0 Å². The normalized spacial score (nSPS) is 7.20. The van der Waals surface area contributed by atoms with Gasteiger partial charge in [-0.05, 0) is 24.3 Å². The molecule has 0 aliphatic heterocycles. The fraction of sp³-hybridized carbons (Fsp3) is 0. The first-order valence-corrected chi connectivity index (χ1v) is 2.27. The van der Waals surface area contributed by atoms with Crippen LogP contribution < -0.4 is 0 Å². The summed E-state index contributed by atoms with van der Waals surface area (Å²) in [5, 5.41) is 17.3. The monoisotopic (exact) mass is 166 g/mol. The number of phenols is 2. The third-order valence-electron chi connectivity index (χ3n) is 0.850. The molecule has 10 heavy (non-hydrogen) atoms. The second-order valence-electron chi connectivity index (χ2n) is 1.52. The maximum atomic E-state index is 8.65. The van der Waals surface area contributed by atoms with Gasteiger partial charge in [-0.3, -0.25) is 0 Å². The molecule has 0 amide bonds. The molecule has 2 nitrogen and oxygen atoms in total. The molecule has 4 heteroatoms. The fourth-order valence-corrected chi connectivity index (χ4v) is 0.453. The van der Waals surface area contributed by atoms with Crippen molar-refractivity contribution in [2.75, 3.05) is 0 Å². The maximum Gasteiger partial charge on any atom is 0.115 e. The lowest BCUT2D eigenvalue weighted by Gasteiger charge is -1.88. The molecule has 0 saturated heterocycles. The Morgan fingerprint density at radius 1 is 0.700 bits per heavy atom. The molecule has 1 aromatic carbocycles. The van der Waals surface area contributed by atoms with E-state index in [2.05, 4.69) is 0 Å². The number of rotatable bonds is 0. The molecule has 0 aromatic heterocycles. The van der Waals surface area contributed by atoms with Crippen LogP contribution in [0.25, 0.3) is 0 Å². The van der Waals surface area contributed by atoms with Crippen LogP contribution in [0, 0.1) is 0 Å². The first kappa shape index (κ1) is 12.0. The van der Waals surface area contributed by atoms with Gasteiger partial charge in [-0.15, -0.1) is 0 Å². The van der Waals surface area contributed by atoms with Crippen LogP contribution in [0.4, 0.5) is 0 Å². The topological polar surface area (TPSA) is 40.5 Å². The summed E-state index contributed by atoms with van der Waals surface area (Å²) in [7, 11) is 0. The minimum atomic E-state index is 0. The highest BCUT2D eigenvalue weighted by Crippen LogP contribution is 2.13. The lowest BCUT2D eigenvalue weighted by molar-refractivity contribution is 0.460. The summed E-state index contributed by atoms with van der Waals surface area (Å²) in [6.07, 6.45) is 0. The fourth-order valence-electron chi connectivity index (χ4n) is 0.453. The summed E-state index contributed by atoms with van der Waals surface area (Å²) < 4.78 is 0. The number of aromatic hydroxyl groups is 2. The van der Waals surface area contributed by atoms with Crippen LogP contribution in [0.2, 0.25) is 0 Å². The maximum absolute atomic E-state index is 8.65. The Kier molecular flexibility index (Phi) is 6.08. The summed E-state index contributed by atoms with van der Waals surface area (Å²) in [6.45, 7) is 0. The molecule has 1 aromatic rings. The first-order valence-electron chi connectivity index (χ1n) is 2.27. The number of hydrogen-bond donors (Lipinski definition) is 2. The van der Waals surface area contributed by atoms with Crippen molar-refractivity contribution in [3.63, 3.8) is 0 Å². The molecule has 8 radical (unpaired) electrons. The predicted octanol–water partition coefficient (Wildman–Crippen LogP) is 0.336. The zero-order valence-corrected chi connectivity index (χ0v) is 7.20. The van der Waals surface area contributed by atoms with Crippen LogP contribution in [0.15, 0.2) is 24.3 Å². The first-order chi connectivity index (χ1) is 3.79. The summed E-state index contributed by atoms with van der Waals surface area (Å²) in [5.41, 5.74) is 0. The quantitative estimate of drug-likeness (QED) is 0.431. The van der Waals surface area contributed by atoms with Crippen molar-refractivity contribution in [3.05, 3.63) is 24.3 Å². The lowest BCUT2D eigenvalue weighted by atomic mass is 10.3. The van der Waals surface area contributed by atoms with Gasteiger partial charge >= 0.3 is 0 Å². The number of benzene rings is 1. The van der Waals surface area contributed by atoms with E-state index in [-0.39, 0.29) is 33.4 Å². The van der Waals surface area contributed by atoms with Crippen molar-refractivity contribution in [1.82, 2.24) is 0 Å². The Bertz CT molecular complexity index is 153.